The van der Waals surface area contributed by atoms with Crippen LogP contribution in [0.5, 0.6) is 11.5 Å². The lowest BCUT2D eigenvalue weighted by Gasteiger charge is -2.14. The molecule has 3 aromatic carbocycles. The van der Waals surface area contributed by atoms with Gasteiger partial charge in [0, 0.05) is 0 Å². The van der Waals surface area contributed by atoms with E-state index in [9.17, 15) is 9.59 Å². The van der Waals surface area contributed by atoms with Gasteiger partial charge in [-0.1, -0.05) is 42.5 Å². The summed E-state index contributed by atoms with van der Waals surface area (Å²) >= 11 is 4.44. The fourth-order valence-corrected chi connectivity index (χ4v) is 4.91. The van der Waals surface area contributed by atoms with Gasteiger partial charge < -0.3 is 9.47 Å². The Bertz CT molecular complexity index is 1200. The van der Waals surface area contributed by atoms with Crippen molar-refractivity contribution in [2.24, 2.45) is 0 Å². The molecule has 0 radical (unpaired) electrons. The summed E-state index contributed by atoms with van der Waals surface area (Å²) in [6.45, 7) is 2.63. The van der Waals surface area contributed by atoms with E-state index >= 15 is 0 Å². The number of halogens is 1. The van der Waals surface area contributed by atoms with Crippen LogP contribution in [-0.2, 0) is 11.3 Å². The summed E-state index contributed by atoms with van der Waals surface area (Å²) in [7, 11) is 1.56. The minimum atomic E-state index is -0.299. The van der Waals surface area contributed by atoms with Crippen LogP contribution in [0.15, 0.2) is 64.0 Å². The lowest BCUT2D eigenvalue weighted by atomic mass is 10.0. The Kier molecular flexibility index (Phi) is 6.34. The third-order valence-electron chi connectivity index (χ3n) is 4.92. The van der Waals surface area contributed by atoms with Crippen LogP contribution in [0.2, 0.25) is 0 Å². The van der Waals surface area contributed by atoms with Crippen molar-refractivity contribution in [3.63, 3.8) is 0 Å². The molecule has 2 amide bonds. The molecule has 1 aliphatic heterocycles. The molecule has 0 atom stereocenters. The van der Waals surface area contributed by atoms with E-state index in [0.717, 1.165) is 38.1 Å². The van der Waals surface area contributed by atoms with E-state index in [0.29, 0.717) is 23.0 Å². The highest BCUT2D eigenvalue weighted by Gasteiger charge is 2.35. The second-order valence-corrected chi connectivity index (χ2v) is 8.72. The normalized spacial score (nSPS) is 15.2. The fraction of sp³-hybridized carbons (Fsp3) is 0.167. The number of carbonyl (C=O) groups is 2. The third kappa shape index (κ3) is 4.34. The van der Waals surface area contributed by atoms with Gasteiger partial charge in [-0.25, -0.2) is 0 Å². The van der Waals surface area contributed by atoms with E-state index in [1.54, 1.807) is 19.3 Å². The molecule has 4 rings (SSSR count). The van der Waals surface area contributed by atoms with Crippen molar-refractivity contribution < 1.29 is 19.1 Å². The molecule has 1 fully saturated rings. The SMILES string of the molecule is CCOc1c(Br)cc(/C=C2/SC(=O)N(Cc3cccc4ccccc34)C2=O)cc1OC. The van der Waals surface area contributed by atoms with Crippen molar-refractivity contribution in [3.05, 3.63) is 75.1 Å². The van der Waals surface area contributed by atoms with Crippen LogP contribution >= 0.6 is 27.7 Å². The number of amides is 2. The van der Waals surface area contributed by atoms with Gasteiger partial charge in [-0.05, 0) is 74.7 Å². The van der Waals surface area contributed by atoms with Crippen molar-refractivity contribution in [2.45, 2.75) is 13.5 Å². The van der Waals surface area contributed by atoms with Crippen LogP contribution in [0.25, 0.3) is 16.8 Å². The number of carbonyl (C=O) groups excluding carboxylic acids is 2. The average molecular weight is 498 g/mol. The Labute approximate surface area is 193 Å². The molecule has 3 aromatic rings. The molecule has 5 nitrogen and oxygen atoms in total. The molecule has 158 valence electrons. The zero-order valence-electron chi connectivity index (χ0n) is 17.1. The van der Waals surface area contributed by atoms with Gasteiger partial charge in [-0.3, -0.25) is 14.5 Å². The van der Waals surface area contributed by atoms with Gasteiger partial charge >= 0.3 is 0 Å². The molecule has 0 saturated carbocycles. The van der Waals surface area contributed by atoms with E-state index < -0.39 is 0 Å². The summed E-state index contributed by atoms with van der Waals surface area (Å²) in [5, 5.41) is 1.84. The molecular formula is C24H20BrNO4S. The Hall–Kier alpha value is -2.77. The van der Waals surface area contributed by atoms with Crippen molar-refractivity contribution in [1.29, 1.82) is 0 Å². The number of hydrogen-bond donors (Lipinski definition) is 0. The van der Waals surface area contributed by atoms with Crippen LogP contribution in [0.1, 0.15) is 18.1 Å². The van der Waals surface area contributed by atoms with E-state index in [4.69, 9.17) is 9.47 Å². The fourth-order valence-electron chi connectivity index (χ4n) is 3.50. The van der Waals surface area contributed by atoms with Gasteiger partial charge in [-0.2, -0.15) is 0 Å². The summed E-state index contributed by atoms with van der Waals surface area (Å²) in [6, 6.07) is 17.5. The maximum absolute atomic E-state index is 13.0. The highest BCUT2D eigenvalue weighted by molar-refractivity contribution is 9.10. The molecule has 1 aliphatic rings. The predicted molar refractivity (Wildman–Crippen MR) is 127 cm³/mol. The zero-order valence-corrected chi connectivity index (χ0v) is 19.5. The Morgan fingerprint density at radius 2 is 1.87 bits per heavy atom. The number of nitrogens with zero attached hydrogens (tertiary/aromatic N) is 1. The summed E-state index contributed by atoms with van der Waals surface area (Å²) < 4.78 is 11.8. The number of imide groups is 1. The monoisotopic (exact) mass is 497 g/mol. The second kappa shape index (κ2) is 9.16. The summed E-state index contributed by atoms with van der Waals surface area (Å²) in [4.78, 5) is 27.3. The summed E-state index contributed by atoms with van der Waals surface area (Å²) in [5.41, 5.74) is 1.68. The molecule has 0 N–H and O–H groups in total. The number of rotatable bonds is 6. The lowest BCUT2D eigenvalue weighted by molar-refractivity contribution is -0.123. The summed E-state index contributed by atoms with van der Waals surface area (Å²) in [5.74, 6) is 0.857. The first-order chi connectivity index (χ1) is 15.0. The number of thioether (sulfide) groups is 1. The van der Waals surface area contributed by atoms with Gasteiger partial charge in [-0.15, -0.1) is 0 Å². The Morgan fingerprint density at radius 3 is 2.65 bits per heavy atom. The highest BCUT2D eigenvalue weighted by atomic mass is 79.9. The molecule has 0 bridgehead atoms. The van der Waals surface area contributed by atoms with Crippen LogP contribution in [0.3, 0.4) is 0 Å². The van der Waals surface area contributed by atoms with Gasteiger partial charge in [0.15, 0.2) is 11.5 Å². The van der Waals surface area contributed by atoms with Crippen molar-refractivity contribution in [3.8, 4) is 11.5 Å². The Balaban J connectivity index is 1.62. The van der Waals surface area contributed by atoms with E-state index in [2.05, 4.69) is 15.9 Å². The smallest absolute Gasteiger partial charge is 0.293 e. The van der Waals surface area contributed by atoms with Crippen LogP contribution in [-0.4, -0.2) is 29.8 Å². The van der Waals surface area contributed by atoms with Gasteiger partial charge in [0.25, 0.3) is 11.1 Å². The topological polar surface area (TPSA) is 55.8 Å². The molecule has 0 unspecified atom stereocenters. The Morgan fingerprint density at radius 1 is 1.10 bits per heavy atom. The van der Waals surface area contributed by atoms with E-state index in [1.165, 1.54) is 4.90 Å². The minimum Gasteiger partial charge on any atom is -0.493 e. The molecule has 1 saturated heterocycles. The van der Waals surface area contributed by atoms with Crippen molar-refractivity contribution >= 4 is 55.7 Å². The molecule has 0 spiro atoms. The van der Waals surface area contributed by atoms with E-state index in [1.807, 2.05) is 55.5 Å². The maximum atomic E-state index is 13.0. The van der Waals surface area contributed by atoms with Gasteiger partial charge in [0.2, 0.25) is 0 Å². The maximum Gasteiger partial charge on any atom is 0.293 e. The molecule has 0 aliphatic carbocycles. The molecule has 31 heavy (non-hydrogen) atoms. The standard InChI is InChI=1S/C24H20BrNO4S/c1-3-30-22-19(25)11-15(12-20(22)29-2)13-21-23(27)26(24(28)31-21)14-17-9-6-8-16-7-4-5-10-18(16)17/h4-13H,3,14H2,1-2H3/b21-13+. The quantitative estimate of drug-likeness (QED) is 0.377. The molecule has 0 aromatic heterocycles. The van der Waals surface area contributed by atoms with E-state index in [-0.39, 0.29) is 17.7 Å². The second-order valence-electron chi connectivity index (χ2n) is 6.87. The first kappa shape index (κ1) is 21.5. The number of methoxy groups -OCH3 is 1. The predicted octanol–water partition coefficient (Wildman–Crippen LogP) is 6.25. The number of ether oxygens (including phenoxy) is 2. The average Bonchev–Trinajstić information content (AvgIpc) is 3.03. The van der Waals surface area contributed by atoms with Gasteiger partial charge in [0.1, 0.15) is 0 Å². The first-order valence-electron chi connectivity index (χ1n) is 9.74. The van der Waals surface area contributed by atoms with Crippen LogP contribution in [0, 0.1) is 0 Å². The number of fused-ring (bicyclic) bond motifs is 1. The highest BCUT2D eigenvalue weighted by Crippen LogP contribution is 2.39. The lowest BCUT2D eigenvalue weighted by Crippen LogP contribution is -2.27. The zero-order chi connectivity index (χ0) is 22.0. The minimum absolute atomic E-state index is 0.236. The largest absolute Gasteiger partial charge is 0.493 e. The van der Waals surface area contributed by atoms with Gasteiger partial charge in [0.05, 0.1) is 29.6 Å². The first-order valence-corrected chi connectivity index (χ1v) is 11.3. The van der Waals surface area contributed by atoms with Crippen LogP contribution in [0.4, 0.5) is 4.79 Å². The van der Waals surface area contributed by atoms with Crippen molar-refractivity contribution in [1.82, 2.24) is 4.90 Å². The summed E-state index contributed by atoms with van der Waals surface area (Å²) in [6.07, 6.45) is 1.71. The molecule has 7 heteroatoms. The van der Waals surface area contributed by atoms with Crippen LogP contribution < -0.4 is 9.47 Å². The number of benzene rings is 3. The van der Waals surface area contributed by atoms with Crippen molar-refractivity contribution in [2.75, 3.05) is 13.7 Å². The number of hydrogen-bond acceptors (Lipinski definition) is 5. The molecular weight excluding hydrogens is 478 g/mol. The molecule has 1 heterocycles. The third-order valence-corrected chi connectivity index (χ3v) is 6.42.